The first-order chi connectivity index (χ1) is 4.09. The molecule has 1 fully saturated rings. The minimum Gasteiger partial charge on any atom is -0.119 e. The van der Waals surface area contributed by atoms with Crippen LogP contribution in [0.5, 0.6) is 0 Å². The van der Waals surface area contributed by atoms with Crippen molar-refractivity contribution >= 4 is 11.6 Å². The molecule has 0 spiro atoms. The van der Waals surface area contributed by atoms with E-state index in [1.807, 2.05) is 0 Å². The summed E-state index contributed by atoms with van der Waals surface area (Å²) in [7, 11) is 0. The maximum atomic E-state index is 6.18. The van der Waals surface area contributed by atoms with E-state index in [4.69, 9.17) is 11.6 Å². The molecule has 2 unspecified atom stereocenters. The average Bonchev–Trinajstić information content (AvgIpc) is 1.82. The Morgan fingerprint density at radius 2 is 2.33 bits per heavy atom. The first kappa shape index (κ1) is 7.40. The molecule has 1 aliphatic carbocycles. The maximum absolute atomic E-state index is 6.18. The second kappa shape index (κ2) is 2.16. The number of hydrogen-bond acceptors (Lipinski definition) is 0. The van der Waals surface area contributed by atoms with Gasteiger partial charge in [-0.05, 0) is 31.6 Å². The molecule has 0 aromatic carbocycles. The van der Waals surface area contributed by atoms with Crippen molar-refractivity contribution in [1.29, 1.82) is 0 Å². The number of alkyl halides is 1. The molecule has 0 nitrogen and oxygen atoms in total. The Hall–Kier alpha value is 0.290. The van der Waals surface area contributed by atoms with Gasteiger partial charge in [0, 0.05) is 0 Å². The molecule has 1 saturated carbocycles. The van der Waals surface area contributed by atoms with Crippen molar-refractivity contribution in [2.24, 2.45) is 5.92 Å². The molecule has 0 saturated heterocycles. The van der Waals surface area contributed by atoms with Crippen LogP contribution >= 0.6 is 11.6 Å². The third-order valence-electron chi connectivity index (χ3n) is 2.60. The van der Waals surface area contributed by atoms with Gasteiger partial charge in [0.2, 0.25) is 0 Å². The second-order valence-corrected chi connectivity index (χ2v) is 3.92. The fourth-order valence-corrected chi connectivity index (χ4v) is 1.76. The summed E-state index contributed by atoms with van der Waals surface area (Å²) < 4.78 is 0. The molecular formula is C8H14Cl. The van der Waals surface area contributed by atoms with Crippen molar-refractivity contribution in [3.05, 3.63) is 5.92 Å². The highest BCUT2D eigenvalue weighted by Crippen LogP contribution is 2.51. The summed E-state index contributed by atoms with van der Waals surface area (Å²) >= 11 is 6.18. The lowest BCUT2D eigenvalue weighted by Gasteiger charge is -2.47. The van der Waals surface area contributed by atoms with Gasteiger partial charge in [0.15, 0.2) is 0 Å². The van der Waals surface area contributed by atoms with Crippen molar-refractivity contribution in [3.63, 3.8) is 0 Å². The highest BCUT2D eigenvalue weighted by atomic mass is 35.5. The van der Waals surface area contributed by atoms with Gasteiger partial charge in [-0.3, -0.25) is 0 Å². The first-order valence-corrected chi connectivity index (χ1v) is 4.01. The predicted molar refractivity (Wildman–Crippen MR) is 41.6 cm³/mol. The number of hydrogen-bond donors (Lipinski definition) is 0. The van der Waals surface area contributed by atoms with Crippen LogP contribution in [0.1, 0.15) is 33.6 Å². The van der Waals surface area contributed by atoms with Gasteiger partial charge in [-0.25, -0.2) is 0 Å². The molecule has 0 aliphatic heterocycles. The topological polar surface area (TPSA) is 0 Å². The van der Waals surface area contributed by atoms with Gasteiger partial charge in [-0.2, -0.15) is 0 Å². The Kier molecular flexibility index (Phi) is 1.77. The minimum absolute atomic E-state index is 0.0365. The van der Waals surface area contributed by atoms with Crippen molar-refractivity contribution < 1.29 is 0 Å². The monoisotopic (exact) mass is 145 g/mol. The molecule has 1 rings (SSSR count). The van der Waals surface area contributed by atoms with Gasteiger partial charge in [-0.1, -0.05) is 13.8 Å². The summed E-state index contributed by atoms with van der Waals surface area (Å²) in [6, 6.07) is 0. The van der Waals surface area contributed by atoms with Crippen molar-refractivity contribution in [3.8, 4) is 0 Å². The maximum Gasteiger partial charge on any atom is 0.0506 e. The summed E-state index contributed by atoms with van der Waals surface area (Å²) in [6.45, 7) is 6.52. The quantitative estimate of drug-likeness (QED) is 0.498. The van der Waals surface area contributed by atoms with Crippen LogP contribution < -0.4 is 0 Å². The van der Waals surface area contributed by atoms with E-state index < -0.39 is 0 Å². The average molecular weight is 146 g/mol. The smallest absolute Gasteiger partial charge is 0.0506 e. The van der Waals surface area contributed by atoms with E-state index in [0.29, 0.717) is 5.92 Å². The highest BCUT2D eigenvalue weighted by molar-refractivity contribution is 6.26. The molecule has 0 heterocycles. The van der Waals surface area contributed by atoms with Crippen LogP contribution in [0.3, 0.4) is 0 Å². The van der Waals surface area contributed by atoms with Gasteiger partial charge in [0.05, 0.1) is 4.87 Å². The molecule has 0 amide bonds. The normalized spacial score (nSPS) is 44.7. The van der Waals surface area contributed by atoms with Crippen LogP contribution in [-0.2, 0) is 0 Å². The summed E-state index contributed by atoms with van der Waals surface area (Å²) in [4.78, 5) is 0.0365. The summed E-state index contributed by atoms with van der Waals surface area (Å²) in [5, 5.41) is 0. The van der Waals surface area contributed by atoms with E-state index >= 15 is 0 Å². The lowest BCUT2D eigenvalue weighted by atomic mass is 9.65. The predicted octanol–water partition coefficient (Wildman–Crippen LogP) is 3.01. The summed E-state index contributed by atoms with van der Waals surface area (Å²) in [5.41, 5.74) is 0. The first-order valence-electron chi connectivity index (χ1n) is 3.63. The molecule has 1 heteroatoms. The fourth-order valence-electron chi connectivity index (χ4n) is 1.47. The van der Waals surface area contributed by atoms with E-state index in [1.165, 1.54) is 12.3 Å². The van der Waals surface area contributed by atoms with Crippen molar-refractivity contribution in [1.82, 2.24) is 0 Å². The van der Waals surface area contributed by atoms with Crippen LogP contribution in [0.15, 0.2) is 0 Å². The molecule has 2 atom stereocenters. The third kappa shape index (κ3) is 0.980. The molecule has 0 bridgehead atoms. The molecule has 0 N–H and O–H groups in total. The molecule has 1 aliphatic rings. The van der Waals surface area contributed by atoms with Crippen molar-refractivity contribution in [2.75, 3.05) is 0 Å². The van der Waals surface area contributed by atoms with E-state index in [9.17, 15) is 0 Å². The second-order valence-electron chi connectivity index (χ2n) is 3.14. The Bertz CT molecular complexity index is 107. The highest BCUT2D eigenvalue weighted by Gasteiger charge is 2.46. The van der Waals surface area contributed by atoms with Gasteiger partial charge < -0.3 is 0 Å². The SMILES string of the molecule is CC[C]1CC(C)C1(C)Cl. The van der Waals surface area contributed by atoms with Gasteiger partial charge >= 0.3 is 0 Å². The van der Waals surface area contributed by atoms with E-state index in [2.05, 4.69) is 20.8 Å². The summed E-state index contributed by atoms with van der Waals surface area (Å²) in [6.07, 6.45) is 2.40. The molecule has 9 heavy (non-hydrogen) atoms. The Balaban J connectivity index is 2.48. The van der Waals surface area contributed by atoms with Crippen LogP contribution in [0.2, 0.25) is 0 Å². The number of halogens is 1. The van der Waals surface area contributed by atoms with Gasteiger partial charge in [0.1, 0.15) is 0 Å². The lowest BCUT2D eigenvalue weighted by molar-refractivity contribution is 0.279. The van der Waals surface area contributed by atoms with E-state index in [0.717, 1.165) is 6.42 Å². The van der Waals surface area contributed by atoms with E-state index in [1.54, 1.807) is 0 Å². The van der Waals surface area contributed by atoms with Crippen molar-refractivity contribution in [2.45, 2.75) is 38.5 Å². The standard InChI is InChI=1S/C8H14Cl/c1-4-7-5-6(2)8(7,3)9/h6H,4-5H2,1-3H3. The van der Waals surface area contributed by atoms with Gasteiger partial charge in [-0.15, -0.1) is 11.6 Å². The third-order valence-corrected chi connectivity index (χ3v) is 3.24. The zero-order chi connectivity index (χ0) is 7.07. The van der Waals surface area contributed by atoms with Gasteiger partial charge in [0.25, 0.3) is 0 Å². The van der Waals surface area contributed by atoms with Crippen LogP contribution in [0.25, 0.3) is 0 Å². The zero-order valence-corrected chi connectivity index (χ0v) is 7.13. The molecular weight excluding hydrogens is 132 g/mol. The van der Waals surface area contributed by atoms with E-state index in [-0.39, 0.29) is 4.87 Å². The van der Waals surface area contributed by atoms with Crippen LogP contribution in [0, 0.1) is 11.8 Å². The Morgan fingerprint density at radius 1 is 1.78 bits per heavy atom. The molecule has 0 aromatic heterocycles. The molecule has 53 valence electrons. The largest absolute Gasteiger partial charge is 0.119 e. The molecule has 1 radical (unpaired) electrons. The summed E-state index contributed by atoms with van der Waals surface area (Å²) in [5.74, 6) is 2.21. The number of rotatable bonds is 1. The van der Waals surface area contributed by atoms with Crippen LogP contribution in [0.4, 0.5) is 0 Å². The molecule has 0 aromatic rings. The van der Waals surface area contributed by atoms with Crippen LogP contribution in [-0.4, -0.2) is 4.87 Å². The fraction of sp³-hybridized carbons (Fsp3) is 0.875. The zero-order valence-electron chi connectivity index (χ0n) is 6.37. The Labute approximate surface area is 62.6 Å². The Morgan fingerprint density at radius 3 is 2.44 bits per heavy atom. The lowest BCUT2D eigenvalue weighted by Crippen LogP contribution is -2.45. The minimum atomic E-state index is 0.0365.